The molecule has 33 heavy (non-hydrogen) atoms. The van der Waals surface area contributed by atoms with E-state index >= 15 is 0 Å². The highest BCUT2D eigenvalue weighted by molar-refractivity contribution is 7.92. The van der Waals surface area contributed by atoms with E-state index in [4.69, 9.17) is 4.74 Å². The predicted octanol–water partition coefficient (Wildman–Crippen LogP) is 4.24. The van der Waals surface area contributed by atoms with E-state index < -0.39 is 10.0 Å². The molecule has 0 atom stereocenters. The highest BCUT2D eigenvalue weighted by Gasteiger charge is 2.25. The van der Waals surface area contributed by atoms with Crippen LogP contribution in [0.1, 0.15) is 42.0 Å². The minimum Gasteiger partial charge on any atom is -0.495 e. The van der Waals surface area contributed by atoms with Crippen molar-refractivity contribution >= 4 is 15.7 Å². The van der Waals surface area contributed by atoms with Crippen molar-refractivity contribution in [3.05, 3.63) is 69.0 Å². The van der Waals surface area contributed by atoms with E-state index in [1.165, 1.54) is 11.8 Å². The molecule has 0 aliphatic heterocycles. The number of anilines is 1. The normalized spacial score (nSPS) is 13.5. The van der Waals surface area contributed by atoms with Crippen LogP contribution in [-0.4, -0.2) is 25.3 Å². The van der Waals surface area contributed by atoms with Crippen molar-refractivity contribution in [2.24, 2.45) is 0 Å². The Morgan fingerprint density at radius 2 is 1.79 bits per heavy atom. The summed E-state index contributed by atoms with van der Waals surface area (Å²) >= 11 is 0. The Hall–Kier alpha value is -3.13. The number of sulfonamides is 1. The molecule has 7 nitrogen and oxygen atoms in total. The van der Waals surface area contributed by atoms with Gasteiger partial charge in [0.1, 0.15) is 10.6 Å². The fourth-order valence-electron chi connectivity index (χ4n) is 4.31. The summed E-state index contributed by atoms with van der Waals surface area (Å²) in [5, 5.41) is 4.61. The maximum absolute atomic E-state index is 13.4. The third kappa shape index (κ3) is 4.39. The van der Waals surface area contributed by atoms with Crippen LogP contribution in [-0.2, 0) is 29.4 Å². The SMILES string of the molecule is CCn1nc(-c2ccc(OC)c(S(=O)(=O)Nc3cc(C)ccc3C)c2)c2c(c1=O)CCCC2. The number of nitrogens with zero attached hydrogens (tertiary/aromatic N) is 2. The zero-order chi connectivity index (χ0) is 23.8. The van der Waals surface area contributed by atoms with Gasteiger partial charge in [-0.3, -0.25) is 9.52 Å². The van der Waals surface area contributed by atoms with Gasteiger partial charge in [-0.25, -0.2) is 13.1 Å². The van der Waals surface area contributed by atoms with Crippen LogP contribution in [0, 0.1) is 13.8 Å². The van der Waals surface area contributed by atoms with Gasteiger partial charge >= 0.3 is 0 Å². The van der Waals surface area contributed by atoms with Gasteiger partial charge in [-0.1, -0.05) is 12.1 Å². The number of aromatic nitrogens is 2. The Morgan fingerprint density at radius 3 is 2.48 bits per heavy atom. The Kier molecular flexibility index (Phi) is 6.30. The summed E-state index contributed by atoms with van der Waals surface area (Å²) in [5.41, 5.74) is 5.29. The first-order valence-corrected chi connectivity index (χ1v) is 12.6. The molecule has 0 radical (unpaired) electrons. The molecule has 174 valence electrons. The lowest BCUT2D eigenvalue weighted by Crippen LogP contribution is -2.30. The summed E-state index contributed by atoms with van der Waals surface area (Å²) in [6.07, 6.45) is 3.43. The summed E-state index contributed by atoms with van der Waals surface area (Å²) in [7, 11) is -2.49. The number of hydrogen-bond acceptors (Lipinski definition) is 5. The standard InChI is InChI=1S/C25H29N3O4S/c1-5-28-25(29)20-9-7-6-8-19(20)24(26-28)18-12-13-22(32-4)23(15-18)33(30,31)27-21-14-16(2)10-11-17(21)3/h10-15,27H,5-9H2,1-4H3. The van der Waals surface area contributed by atoms with Crippen LogP contribution in [0.25, 0.3) is 11.3 Å². The molecule has 4 rings (SSSR count). The number of methoxy groups -OCH3 is 1. The molecule has 0 bridgehead atoms. The number of ether oxygens (including phenoxy) is 1. The predicted molar refractivity (Wildman–Crippen MR) is 130 cm³/mol. The van der Waals surface area contributed by atoms with Crippen molar-refractivity contribution in [2.45, 2.75) is 57.9 Å². The van der Waals surface area contributed by atoms with E-state index in [1.807, 2.05) is 32.9 Å². The van der Waals surface area contributed by atoms with Crippen LogP contribution in [0.5, 0.6) is 5.75 Å². The lowest BCUT2D eigenvalue weighted by Gasteiger charge is -2.21. The topological polar surface area (TPSA) is 90.3 Å². The number of nitrogens with one attached hydrogen (secondary N) is 1. The first kappa shape index (κ1) is 23.0. The van der Waals surface area contributed by atoms with E-state index in [0.717, 1.165) is 47.9 Å². The van der Waals surface area contributed by atoms with Crippen molar-refractivity contribution in [3.63, 3.8) is 0 Å². The van der Waals surface area contributed by atoms with E-state index in [2.05, 4.69) is 9.82 Å². The third-order valence-electron chi connectivity index (χ3n) is 6.13. The molecular formula is C25H29N3O4S. The Labute approximate surface area is 194 Å². The Balaban J connectivity index is 1.86. The van der Waals surface area contributed by atoms with Crippen molar-refractivity contribution < 1.29 is 13.2 Å². The van der Waals surface area contributed by atoms with Crippen LogP contribution in [0.3, 0.4) is 0 Å². The van der Waals surface area contributed by atoms with Gasteiger partial charge in [-0.05, 0) is 87.4 Å². The zero-order valence-corrected chi connectivity index (χ0v) is 20.3. The lowest BCUT2D eigenvalue weighted by molar-refractivity contribution is 0.403. The third-order valence-corrected chi connectivity index (χ3v) is 7.52. The number of hydrogen-bond donors (Lipinski definition) is 1. The monoisotopic (exact) mass is 467 g/mol. The first-order valence-electron chi connectivity index (χ1n) is 11.2. The van der Waals surface area contributed by atoms with Crippen LogP contribution in [0.2, 0.25) is 0 Å². The van der Waals surface area contributed by atoms with Gasteiger partial charge in [0.15, 0.2) is 0 Å². The second-order valence-corrected chi connectivity index (χ2v) is 10.1. The molecule has 2 aromatic carbocycles. The number of rotatable bonds is 6. The van der Waals surface area contributed by atoms with Crippen molar-refractivity contribution in [3.8, 4) is 17.0 Å². The molecular weight excluding hydrogens is 438 g/mol. The summed E-state index contributed by atoms with van der Waals surface area (Å²) in [6.45, 7) is 6.10. The van der Waals surface area contributed by atoms with Gasteiger partial charge in [0.2, 0.25) is 0 Å². The van der Waals surface area contributed by atoms with Gasteiger partial charge in [-0.2, -0.15) is 5.10 Å². The average molecular weight is 468 g/mol. The molecule has 1 heterocycles. The summed E-state index contributed by atoms with van der Waals surface area (Å²) in [5.74, 6) is 0.245. The number of benzene rings is 2. The molecule has 0 unspecified atom stereocenters. The van der Waals surface area contributed by atoms with E-state index in [-0.39, 0.29) is 16.2 Å². The van der Waals surface area contributed by atoms with Gasteiger partial charge in [0.05, 0.1) is 18.5 Å². The van der Waals surface area contributed by atoms with Crippen LogP contribution < -0.4 is 15.0 Å². The first-order chi connectivity index (χ1) is 15.7. The molecule has 8 heteroatoms. The van der Waals surface area contributed by atoms with E-state index in [9.17, 15) is 13.2 Å². The number of fused-ring (bicyclic) bond motifs is 1. The average Bonchev–Trinajstić information content (AvgIpc) is 2.81. The highest BCUT2D eigenvalue weighted by atomic mass is 32.2. The molecule has 1 aliphatic carbocycles. The maximum atomic E-state index is 13.4. The van der Waals surface area contributed by atoms with Crippen LogP contribution in [0.4, 0.5) is 5.69 Å². The molecule has 0 saturated carbocycles. The molecule has 1 aromatic heterocycles. The smallest absolute Gasteiger partial charge is 0.270 e. The molecule has 1 N–H and O–H groups in total. The summed E-state index contributed by atoms with van der Waals surface area (Å²) < 4.78 is 36.4. The van der Waals surface area contributed by atoms with Crippen molar-refractivity contribution in [1.82, 2.24) is 9.78 Å². The van der Waals surface area contributed by atoms with Crippen LogP contribution >= 0.6 is 0 Å². The Bertz CT molecular complexity index is 1380. The van der Waals surface area contributed by atoms with Crippen molar-refractivity contribution in [2.75, 3.05) is 11.8 Å². The number of aryl methyl sites for hydroxylation is 3. The summed E-state index contributed by atoms with van der Waals surface area (Å²) in [4.78, 5) is 12.8. The summed E-state index contributed by atoms with van der Waals surface area (Å²) in [6, 6.07) is 10.7. The molecule has 0 spiro atoms. The lowest BCUT2D eigenvalue weighted by atomic mass is 9.90. The van der Waals surface area contributed by atoms with Crippen molar-refractivity contribution in [1.29, 1.82) is 0 Å². The van der Waals surface area contributed by atoms with E-state index in [0.29, 0.717) is 23.5 Å². The second kappa shape index (κ2) is 9.02. The Morgan fingerprint density at radius 1 is 1.06 bits per heavy atom. The van der Waals surface area contributed by atoms with Gasteiger partial charge in [0.25, 0.3) is 15.6 Å². The fourth-order valence-corrected chi connectivity index (χ4v) is 5.63. The van der Waals surface area contributed by atoms with Crippen LogP contribution in [0.15, 0.2) is 46.1 Å². The van der Waals surface area contributed by atoms with Gasteiger partial charge in [0, 0.05) is 17.7 Å². The second-order valence-electron chi connectivity index (χ2n) is 8.42. The molecule has 0 amide bonds. The molecule has 0 saturated heterocycles. The van der Waals surface area contributed by atoms with Gasteiger partial charge in [-0.15, -0.1) is 0 Å². The van der Waals surface area contributed by atoms with E-state index in [1.54, 1.807) is 24.3 Å². The zero-order valence-electron chi connectivity index (χ0n) is 19.4. The molecule has 1 aliphatic rings. The highest BCUT2D eigenvalue weighted by Crippen LogP contribution is 2.34. The minimum atomic E-state index is -3.94. The fraction of sp³-hybridized carbons (Fsp3) is 0.360. The quantitative estimate of drug-likeness (QED) is 0.586. The molecule has 3 aromatic rings. The largest absolute Gasteiger partial charge is 0.495 e. The minimum absolute atomic E-state index is 0.0315. The molecule has 0 fully saturated rings. The maximum Gasteiger partial charge on any atom is 0.270 e. The van der Waals surface area contributed by atoms with Gasteiger partial charge < -0.3 is 4.74 Å².